The van der Waals surface area contributed by atoms with Crippen molar-refractivity contribution in [1.82, 2.24) is 25.4 Å². The molecule has 0 aromatic carbocycles. The molecule has 0 aliphatic carbocycles. The van der Waals surface area contributed by atoms with Crippen molar-refractivity contribution in [2.24, 2.45) is 4.99 Å². The van der Waals surface area contributed by atoms with Gasteiger partial charge in [0.15, 0.2) is 5.96 Å². The number of methoxy groups -OCH3 is 1. The smallest absolute Gasteiger partial charge is 0.213 e. The Labute approximate surface area is 130 Å². The van der Waals surface area contributed by atoms with Crippen LogP contribution in [0.3, 0.4) is 0 Å². The van der Waals surface area contributed by atoms with E-state index in [1.165, 1.54) is 0 Å². The fraction of sp³-hybridized carbons (Fsp3) is 0.400. The lowest BCUT2D eigenvalue weighted by atomic mass is 10.2. The largest absolute Gasteiger partial charge is 0.481 e. The summed E-state index contributed by atoms with van der Waals surface area (Å²) in [6.07, 6.45) is 6.46. The first-order valence-electron chi connectivity index (χ1n) is 7.22. The van der Waals surface area contributed by atoms with Gasteiger partial charge in [-0.15, -0.1) is 0 Å². The minimum absolute atomic E-state index is 0.612. The summed E-state index contributed by atoms with van der Waals surface area (Å²) in [6, 6.07) is 5.77. The second-order valence-corrected chi connectivity index (χ2v) is 4.68. The van der Waals surface area contributed by atoms with Crippen molar-refractivity contribution < 1.29 is 4.74 Å². The summed E-state index contributed by atoms with van der Waals surface area (Å²) in [4.78, 5) is 8.29. The van der Waals surface area contributed by atoms with Crippen LogP contribution in [0, 0.1) is 0 Å². The van der Waals surface area contributed by atoms with E-state index in [1.807, 2.05) is 29.1 Å². The maximum Gasteiger partial charge on any atom is 0.213 e. The first-order chi connectivity index (χ1) is 10.8. The highest BCUT2D eigenvalue weighted by molar-refractivity contribution is 5.79. The van der Waals surface area contributed by atoms with Crippen LogP contribution in [0.15, 0.2) is 41.8 Å². The van der Waals surface area contributed by atoms with Gasteiger partial charge < -0.3 is 15.4 Å². The molecule has 0 atom stereocenters. The SMILES string of the molecule is CN=C(NCCCn1cccn1)NCc1ccnc(OC)c1. The molecule has 7 heteroatoms. The zero-order valence-corrected chi connectivity index (χ0v) is 13.0. The van der Waals surface area contributed by atoms with Gasteiger partial charge in [0.2, 0.25) is 5.88 Å². The number of pyridine rings is 1. The molecular formula is C15H22N6O. The van der Waals surface area contributed by atoms with Gasteiger partial charge in [0.25, 0.3) is 0 Å². The van der Waals surface area contributed by atoms with E-state index in [1.54, 1.807) is 26.6 Å². The van der Waals surface area contributed by atoms with E-state index in [0.717, 1.165) is 31.0 Å². The van der Waals surface area contributed by atoms with Crippen molar-refractivity contribution in [3.05, 3.63) is 42.4 Å². The third-order valence-electron chi connectivity index (χ3n) is 3.11. The molecule has 0 fully saturated rings. The third-order valence-corrected chi connectivity index (χ3v) is 3.11. The summed E-state index contributed by atoms with van der Waals surface area (Å²) in [5, 5.41) is 10.7. The molecule has 0 bridgehead atoms. The molecule has 0 saturated carbocycles. The molecule has 0 aliphatic heterocycles. The topological polar surface area (TPSA) is 76.4 Å². The average Bonchev–Trinajstić information content (AvgIpc) is 3.08. The molecule has 2 rings (SSSR count). The molecule has 0 aliphatic rings. The first-order valence-corrected chi connectivity index (χ1v) is 7.22. The average molecular weight is 302 g/mol. The lowest BCUT2D eigenvalue weighted by Crippen LogP contribution is -2.37. The van der Waals surface area contributed by atoms with Gasteiger partial charge in [-0.25, -0.2) is 4.98 Å². The molecule has 0 amide bonds. The molecule has 0 unspecified atom stereocenters. The van der Waals surface area contributed by atoms with Crippen LogP contribution < -0.4 is 15.4 Å². The Morgan fingerprint density at radius 2 is 2.27 bits per heavy atom. The summed E-state index contributed by atoms with van der Waals surface area (Å²) in [6.45, 7) is 2.38. The molecule has 118 valence electrons. The van der Waals surface area contributed by atoms with Gasteiger partial charge in [-0.05, 0) is 24.1 Å². The lowest BCUT2D eigenvalue weighted by Gasteiger charge is -2.12. The van der Waals surface area contributed by atoms with E-state index in [9.17, 15) is 0 Å². The Kier molecular flexibility index (Phi) is 6.22. The Morgan fingerprint density at radius 3 is 3.00 bits per heavy atom. The number of aryl methyl sites for hydroxylation is 1. The summed E-state index contributed by atoms with van der Waals surface area (Å²) >= 11 is 0. The Hall–Kier alpha value is -2.57. The minimum Gasteiger partial charge on any atom is -0.481 e. The molecule has 7 nitrogen and oxygen atoms in total. The van der Waals surface area contributed by atoms with Crippen LogP contribution in [-0.4, -0.2) is 41.4 Å². The summed E-state index contributed by atoms with van der Waals surface area (Å²) in [7, 11) is 3.37. The van der Waals surface area contributed by atoms with E-state index >= 15 is 0 Å². The first kappa shape index (κ1) is 15.8. The van der Waals surface area contributed by atoms with Gasteiger partial charge in [0.05, 0.1) is 7.11 Å². The fourth-order valence-corrected chi connectivity index (χ4v) is 1.96. The molecule has 2 aromatic rings. The zero-order valence-electron chi connectivity index (χ0n) is 13.0. The van der Waals surface area contributed by atoms with E-state index in [-0.39, 0.29) is 0 Å². The molecule has 2 heterocycles. The van der Waals surface area contributed by atoms with Crippen molar-refractivity contribution in [2.75, 3.05) is 20.7 Å². The number of rotatable bonds is 7. The van der Waals surface area contributed by atoms with Crippen molar-refractivity contribution in [1.29, 1.82) is 0 Å². The minimum atomic E-state index is 0.612. The predicted molar refractivity (Wildman–Crippen MR) is 85.8 cm³/mol. The van der Waals surface area contributed by atoms with Gasteiger partial charge in [-0.2, -0.15) is 5.10 Å². The standard InChI is InChI=1S/C15H22N6O/c1-16-15(18-6-3-9-21-10-4-7-20-21)19-12-13-5-8-17-14(11-13)22-2/h4-5,7-8,10-11H,3,6,9,12H2,1-2H3,(H2,16,18,19). The van der Waals surface area contributed by atoms with Crippen molar-refractivity contribution in [2.45, 2.75) is 19.5 Å². The van der Waals surface area contributed by atoms with Crippen LogP contribution in [-0.2, 0) is 13.1 Å². The normalized spacial score (nSPS) is 11.3. The van der Waals surface area contributed by atoms with E-state index in [0.29, 0.717) is 12.4 Å². The zero-order chi connectivity index (χ0) is 15.6. The molecule has 0 saturated heterocycles. The highest BCUT2D eigenvalue weighted by Crippen LogP contribution is 2.07. The van der Waals surface area contributed by atoms with Gasteiger partial charge in [-0.1, -0.05) is 0 Å². The maximum atomic E-state index is 5.11. The van der Waals surface area contributed by atoms with Crippen LogP contribution in [0.2, 0.25) is 0 Å². The van der Waals surface area contributed by atoms with E-state index < -0.39 is 0 Å². The lowest BCUT2D eigenvalue weighted by molar-refractivity contribution is 0.397. The Bertz CT molecular complexity index is 581. The summed E-state index contributed by atoms with van der Waals surface area (Å²) < 4.78 is 7.03. The molecule has 2 aromatic heterocycles. The Morgan fingerprint density at radius 1 is 1.36 bits per heavy atom. The van der Waals surface area contributed by atoms with Crippen LogP contribution in [0.1, 0.15) is 12.0 Å². The highest BCUT2D eigenvalue weighted by Gasteiger charge is 2.00. The van der Waals surface area contributed by atoms with E-state index in [4.69, 9.17) is 4.74 Å². The number of hydrogen-bond donors (Lipinski definition) is 2. The van der Waals surface area contributed by atoms with Gasteiger partial charge in [-0.3, -0.25) is 9.67 Å². The number of hydrogen-bond acceptors (Lipinski definition) is 4. The number of guanidine groups is 1. The Balaban J connectivity index is 1.70. The molecular weight excluding hydrogens is 280 g/mol. The molecule has 0 spiro atoms. The summed E-state index contributed by atoms with van der Waals surface area (Å²) in [5.41, 5.74) is 1.09. The maximum absolute atomic E-state index is 5.11. The highest BCUT2D eigenvalue weighted by atomic mass is 16.5. The van der Waals surface area contributed by atoms with Gasteiger partial charge in [0, 0.05) is 51.3 Å². The van der Waals surface area contributed by atoms with Crippen LogP contribution in [0.4, 0.5) is 0 Å². The molecule has 22 heavy (non-hydrogen) atoms. The number of nitrogens with one attached hydrogen (secondary N) is 2. The molecule has 2 N–H and O–H groups in total. The second kappa shape index (κ2) is 8.66. The van der Waals surface area contributed by atoms with Crippen LogP contribution in [0.5, 0.6) is 5.88 Å². The van der Waals surface area contributed by atoms with Gasteiger partial charge >= 0.3 is 0 Å². The summed E-state index contributed by atoms with van der Waals surface area (Å²) in [5.74, 6) is 1.39. The van der Waals surface area contributed by atoms with Crippen LogP contribution in [0.25, 0.3) is 0 Å². The van der Waals surface area contributed by atoms with Gasteiger partial charge in [0.1, 0.15) is 0 Å². The fourth-order valence-electron chi connectivity index (χ4n) is 1.96. The number of nitrogens with zero attached hydrogens (tertiary/aromatic N) is 4. The van der Waals surface area contributed by atoms with E-state index in [2.05, 4.69) is 25.7 Å². The molecule has 0 radical (unpaired) electrons. The van der Waals surface area contributed by atoms with Crippen molar-refractivity contribution in [3.8, 4) is 5.88 Å². The monoisotopic (exact) mass is 302 g/mol. The van der Waals surface area contributed by atoms with Crippen LogP contribution >= 0.6 is 0 Å². The third kappa shape index (κ3) is 5.08. The van der Waals surface area contributed by atoms with Crippen molar-refractivity contribution in [3.63, 3.8) is 0 Å². The van der Waals surface area contributed by atoms with Crippen molar-refractivity contribution >= 4 is 5.96 Å². The predicted octanol–water partition coefficient (Wildman–Crippen LogP) is 1.04. The number of aliphatic imine (C=N–C) groups is 1. The second-order valence-electron chi connectivity index (χ2n) is 4.68. The quantitative estimate of drug-likeness (QED) is 0.454. The number of aromatic nitrogens is 3. The number of ether oxygens (including phenoxy) is 1.